The summed E-state index contributed by atoms with van der Waals surface area (Å²) in [5.41, 5.74) is 2.42. The van der Waals surface area contributed by atoms with Crippen molar-refractivity contribution < 1.29 is 14.6 Å². The van der Waals surface area contributed by atoms with Crippen LogP contribution in [0.4, 0.5) is 0 Å². The van der Waals surface area contributed by atoms with E-state index in [0.29, 0.717) is 5.75 Å². The van der Waals surface area contributed by atoms with Gasteiger partial charge in [-0.2, -0.15) is 0 Å². The van der Waals surface area contributed by atoms with E-state index < -0.39 is 5.97 Å². The molecule has 0 fully saturated rings. The SMILES string of the molecule is O=C(O)c1nccnc1Oc1ccc2c(c1)CCC2. The second kappa shape index (κ2) is 4.68. The lowest BCUT2D eigenvalue weighted by Gasteiger charge is -2.08. The van der Waals surface area contributed by atoms with E-state index in [2.05, 4.69) is 9.97 Å². The molecule has 1 aromatic heterocycles. The largest absolute Gasteiger partial charge is 0.476 e. The highest BCUT2D eigenvalue weighted by Gasteiger charge is 2.16. The fraction of sp³-hybridized carbons (Fsp3) is 0.214. The molecule has 96 valence electrons. The van der Waals surface area contributed by atoms with Gasteiger partial charge in [0, 0.05) is 12.4 Å². The topological polar surface area (TPSA) is 72.3 Å². The summed E-state index contributed by atoms with van der Waals surface area (Å²) in [5, 5.41) is 9.02. The molecule has 19 heavy (non-hydrogen) atoms. The Hall–Kier alpha value is -2.43. The first-order chi connectivity index (χ1) is 9.24. The molecule has 0 saturated carbocycles. The summed E-state index contributed by atoms with van der Waals surface area (Å²) in [4.78, 5) is 18.7. The summed E-state index contributed by atoms with van der Waals surface area (Å²) in [5.74, 6) is -0.527. The van der Waals surface area contributed by atoms with Crippen LogP contribution in [0.2, 0.25) is 0 Å². The Morgan fingerprint density at radius 2 is 1.95 bits per heavy atom. The van der Waals surface area contributed by atoms with Gasteiger partial charge in [-0.1, -0.05) is 6.07 Å². The van der Waals surface area contributed by atoms with Crippen molar-refractivity contribution in [2.45, 2.75) is 19.3 Å². The van der Waals surface area contributed by atoms with Crippen molar-refractivity contribution in [3.05, 3.63) is 47.4 Å². The number of benzene rings is 1. The lowest BCUT2D eigenvalue weighted by atomic mass is 10.1. The van der Waals surface area contributed by atoms with Crippen molar-refractivity contribution >= 4 is 5.97 Å². The number of carbonyl (C=O) groups is 1. The lowest BCUT2D eigenvalue weighted by molar-refractivity contribution is 0.0686. The summed E-state index contributed by atoms with van der Waals surface area (Å²) >= 11 is 0. The van der Waals surface area contributed by atoms with Crippen LogP contribution in [0.15, 0.2) is 30.6 Å². The molecular weight excluding hydrogens is 244 g/mol. The Bertz CT molecular complexity index is 640. The van der Waals surface area contributed by atoms with Crippen LogP contribution in [0.25, 0.3) is 0 Å². The number of nitrogens with zero attached hydrogens (tertiary/aromatic N) is 2. The fourth-order valence-electron chi connectivity index (χ4n) is 2.27. The minimum Gasteiger partial charge on any atom is -0.476 e. The van der Waals surface area contributed by atoms with E-state index >= 15 is 0 Å². The third-order valence-electron chi connectivity index (χ3n) is 3.15. The number of rotatable bonds is 3. The maximum Gasteiger partial charge on any atom is 0.360 e. The smallest absolute Gasteiger partial charge is 0.360 e. The highest BCUT2D eigenvalue weighted by atomic mass is 16.5. The molecule has 0 aliphatic heterocycles. The number of carboxylic acids is 1. The molecule has 1 N–H and O–H groups in total. The van der Waals surface area contributed by atoms with Gasteiger partial charge >= 0.3 is 5.97 Å². The number of hydrogen-bond acceptors (Lipinski definition) is 4. The van der Waals surface area contributed by atoms with Crippen molar-refractivity contribution in [2.75, 3.05) is 0 Å². The Kier molecular flexibility index (Phi) is 2.87. The van der Waals surface area contributed by atoms with Crippen molar-refractivity contribution in [1.82, 2.24) is 9.97 Å². The van der Waals surface area contributed by atoms with Crippen LogP contribution in [0.5, 0.6) is 11.6 Å². The summed E-state index contributed by atoms with van der Waals surface area (Å²) in [6.45, 7) is 0. The van der Waals surface area contributed by atoms with Crippen molar-refractivity contribution in [1.29, 1.82) is 0 Å². The average molecular weight is 256 g/mol. The van der Waals surface area contributed by atoms with Crippen LogP contribution in [0, 0.1) is 0 Å². The molecular formula is C14H12N2O3. The number of aromatic carboxylic acids is 1. The first kappa shape index (κ1) is 11.6. The van der Waals surface area contributed by atoms with Gasteiger partial charge < -0.3 is 9.84 Å². The van der Waals surface area contributed by atoms with E-state index in [-0.39, 0.29) is 11.6 Å². The van der Waals surface area contributed by atoms with Crippen LogP contribution >= 0.6 is 0 Å². The number of fused-ring (bicyclic) bond motifs is 1. The summed E-state index contributed by atoms with van der Waals surface area (Å²) in [7, 11) is 0. The molecule has 0 amide bonds. The molecule has 2 aromatic rings. The highest BCUT2D eigenvalue weighted by molar-refractivity contribution is 5.87. The number of ether oxygens (including phenoxy) is 1. The number of aryl methyl sites for hydroxylation is 2. The monoisotopic (exact) mass is 256 g/mol. The molecule has 0 atom stereocenters. The molecule has 0 bridgehead atoms. The molecule has 0 spiro atoms. The van der Waals surface area contributed by atoms with Gasteiger partial charge in [0.15, 0.2) is 0 Å². The zero-order chi connectivity index (χ0) is 13.2. The number of hydrogen-bond donors (Lipinski definition) is 1. The second-order valence-electron chi connectivity index (χ2n) is 4.40. The predicted octanol–water partition coefficient (Wildman–Crippen LogP) is 2.46. The van der Waals surface area contributed by atoms with Gasteiger partial charge in [0.1, 0.15) is 5.75 Å². The molecule has 1 aromatic carbocycles. The van der Waals surface area contributed by atoms with Crippen molar-refractivity contribution in [3.8, 4) is 11.6 Å². The molecule has 3 rings (SSSR count). The molecule has 0 unspecified atom stereocenters. The van der Waals surface area contributed by atoms with Crippen LogP contribution in [-0.4, -0.2) is 21.0 Å². The number of aromatic nitrogens is 2. The van der Waals surface area contributed by atoms with E-state index in [4.69, 9.17) is 9.84 Å². The quantitative estimate of drug-likeness (QED) is 0.913. The third-order valence-corrected chi connectivity index (χ3v) is 3.15. The predicted molar refractivity (Wildman–Crippen MR) is 67.5 cm³/mol. The highest BCUT2D eigenvalue weighted by Crippen LogP contribution is 2.28. The van der Waals surface area contributed by atoms with E-state index in [1.54, 1.807) is 0 Å². The molecule has 0 radical (unpaired) electrons. The fourth-order valence-corrected chi connectivity index (χ4v) is 2.27. The average Bonchev–Trinajstić information content (AvgIpc) is 2.86. The van der Waals surface area contributed by atoms with Gasteiger partial charge in [0.25, 0.3) is 5.88 Å². The Morgan fingerprint density at radius 3 is 2.79 bits per heavy atom. The van der Waals surface area contributed by atoms with Crippen LogP contribution in [0.1, 0.15) is 28.0 Å². The van der Waals surface area contributed by atoms with E-state index in [9.17, 15) is 4.79 Å². The third kappa shape index (κ3) is 2.27. The molecule has 5 heteroatoms. The van der Waals surface area contributed by atoms with Gasteiger partial charge in [-0.05, 0) is 42.5 Å². The molecule has 1 aliphatic carbocycles. The van der Waals surface area contributed by atoms with Crippen molar-refractivity contribution in [2.24, 2.45) is 0 Å². The second-order valence-corrected chi connectivity index (χ2v) is 4.40. The standard InChI is InChI=1S/C14H12N2O3/c17-14(18)12-13(16-7-6-15-12)19-11-5-4-9-2-1-3-10(9)8-11/h4-8H,1-3H2,(H,17,18). The normalized spacial score (nSPS) is 13.1. The molecule has 5 nitrogen and oxygen atoms in total. The summed E-state index contributed by atoms with van der Waals surface area (Å²) in [6.07, 6.45) is 6.04. The van der Waals surface area contributed by atoms with Gasteiger partial charge in [-0.25, -0.2) is 14.8 Å². The molecule has 1 heterocycles. The minimum atomic E-state index is -1.15. The van der Waals surface area contributed by atoms with Crippen LogP contribution < -0.4 is 4.74 Å². The van der Waals surface area contributed by atoms with Gasteiger partial charge in [-0.15, -0.1) is 0 Å². The maximum absolute atomic E-state index is 11.0. The first-order valence-electron chi connectivity index (χ1n) is 6.08. The first-order valence-corrected chi connectivity index (χ1v) is 6.08. The van der Waals surface area contributed by atoms with Crippen LogP contribution in [-0.2, 0) is 12.8 Å². The van der Waals surface area contributed by atoms with E-state index in [1.807, 2.05) is 18.2 Å². The number of carboxylic acid groups (broad SMARTS) is 1. The lowest BCUT2D eigenvalue weighted by Crippen LogP contribution is -2.04. The van der Waals surface area contributed by atoms with E-state index in [0.717, 1.165) is 19.3 Å². The van der Waals surface area contributed by atoms with Gasteiger partial charge in [0.05, 0.1) is 0 Å². The van der Waals surface area contributed by atoms with Crippen LogP contribution in [0.3, 0.4) is 0 Å². The minimum absolute atomic E-state index is 0.0212. The van der Waals surface area contributed by atoms with Crippen molar-refractivity contribution in [3.63, 3.8) is 0 Å². The molecule has 0 saturated heterocycles. The molecule has 1 aliphatic rings. The van der Waals surface area contributed by atoms with E-state index in [1.165, 1.54) is 23.5 Å². The van der Waals surface area contributed by atoms with Gasteiger partial charge in [0.2, 0.25) is 5.69 Å². The maximum atomic E-state index is 11.0. The Labute approximate surface area is 109 Å². The summed E-state index contributed by atoms with van der Waals surface area (Å²) in [6, 6.07) is 5.81. The Balaban J connectivity index is 1.91. The summed E-state index contributed by atoms with van der Waals surface area (Å²) < 4.78 is 5.54. The van der Waals surface area contributed by atoms with Gasteiger partial charge in [-0.3, -0.25) is 0 Å². The zero-order valence-electron chi connectivity index (χ0n) is 10.2. The zero-order valence-corrected chi connectivity index (χ0v) is 10.2. The Morgan fingerprint density at radius 1 is 1.16 bits per heavy atom.